The first-order valence-electron chi connectivity index (χ1n) is 5.41. The molecule has 1 N–H and O–H groups in total. The van der Waals surface area contributed by atoms with Crippen molar-refractivity contribution in [3.05, 3.63) is 33.8 Å². The molecule has 0 amide bonds. The van der Waals surface area contributed by atoms with Crippen LogP contribution in [-0.4, -0.2) is 29.1 Å². The first-order chi connectivity index (χ1) is 7.66. The Morgan fingerprint density at radius 3 is 2.62 bits per heavy atom. The summed E-state index contributed by atoms with van der Waals surface area (Å²) >= 11 is 3.43. The fourth-order valence-corrected chi connectivity index (χ4v) is 2.49. The molecule has 1 aliphatic rings. The van der Waals surface area contributed by atoms with E-state index in [-0.39, 0.29) is 0 Å². The van der Waals surface area contributed by atoms with Gasteiger partial charge in [0.2, 0.25) is 0 Å². The molecule has 0 radical (unpaired) electrons. The zero-order valence-electron chi connectivity index (χ0n) is 8.95. The average Bonchev–Trinajstić information content (AvgIpc) is 2.73. The van der Waals surface area contributed by atoms with Crippen molar-refractivity contribution in [3.8, 4) is 0 Å². The molecule has 1 aromatic rings. The van der Waals surface area contributed by atoms with Gasteiger partial charge in [-0.2, -0.15) is 0 Å². The van der Waals surface area contributed by atoms with Crippen LogP contribution in [0.4, 0.5) is 0 Å². The van der Waals surface area contributed by atoms with E-state index in [4.69, 9.17) is 5.11 Å². The Hall–Kier alpha value is -0.870. The van der Waals surface area contributed by atoms with E-state index in [9.17, 15) is 4.79 Å². The molecule has 4 heteroatoms. The zero-order valence-corrected chi connectivity index (χ0v) is 10.5. The lowest BCUT2D eigenvalue weighted by Gasteiger charge is -2.15. The molecule has 1 heterocycles. The van der Waals surface area contributed by atoms with Crippen LogP contribution >= 0.6 is 15.9 Å². The minimum absolute atomic E-state index is 0.331. The summed E-state index contributed by atoms with van der Waals surface area (Å²) in [6.45, 7) is 3.20. The lowest BCUT2D eigenvalue weighted by atomic mass is 10.1. The number of likely N-dealkylation sites (tertiary alicyclic amines) is 1. The van der Waals surface area contributed by atoms with Crippen molar-refractivity contribution in [1.29, 1.82) is 0 Å². The molecule has 0 atom stereocenters. The predicted octanol–water partition coefficient (Wildman–Crippen LogP) is 2.74. The molecular formula is C12H14BrNO2. The number of carboxylic acids is 1. The van der Waals surface area contributed by atoms with Gasteiger partial charge in [-0.15, -0.1) is 0 Å². The minimum atomic E-state index is -0.881. The summed E-state index contributed by atoms with van der Waals surface area (Å²) in [5, 5.41) is 8.85. The summed E-state index contributed by atoms with van der Waals surface area (Å²) in [5.41, 5.74) is 1.49. The standard InChI is InChI=1S/C12H14BrNO2/c13-11-7-9(12(15)16)3-4-10(11)8-14-5-1-2-6-14/h3-4,7H,1-2,5-6,8H2,(H,15,16). The smallest absolute Gasteiger partial charge is 0.335 e. The second-order valence-electron chi connectivity index (χ2n) is 4.09. The van der Waals surface area contributed by atoms with Crippen LogP contribution in [0.15, 0.2) is 22.7 Å². The highest BCUT2D eigenvalue weighted by Crippen LogP contribution is 2.22. The van der Waals surface area contributed by atoms with Gasteiger partial charge in [0.25, 0.3) is 0 Å². The molecule has 0 bridgehead atoms. The highest BCUT2D eigenvalue weighted by atomic mass is 79.9. The van der Waals surface area contributed by atoms with Crippen molar-refractivity contribution in [2.24, 2.45) is 0 Å². The first kappa shape index (κ1) is 11.6. The van der Waals surface area contributed by atoms with E-state index in [2.05, 4.69) is 20.8 Å². The van der Waals surface area contributed by atoms with Gasteiger partial charge in [0, 0.05) is 11.0 Å². The van der Waals surface area contributed by atoms with Crippen LogP contribution < -0.4 is 0 Å². The third kappa shape index (κ3) is 2.62. The normalized spacial score (nSPS) is 16.6. The monoisotopic (exact) mass is 283 g/mol. The molecule has 0 saturated carbocycles. The predicted molar refractivity (Wildman–Crippen MR) is 65.6 cm³/mol. The molecule has 1 aliphatic heterocycles. The maximum Gasteiger partial charge on any atom is 0.335 e. The van der Waals surface area contributed by atoms with Crippen LogP contribution in [0, 0.1) is 0 Å². The Morgan fingerprint density at radius 1 is 1.38 bits per heavy atom. The van der Waals surface area contributed by atoms with Crippen molar-refractivity contribution in [2.45, 2.75) is 19.4 Å². The van der Waals surface area contributed by atoms with Crippen molar-refractivity contribution in [1.82, 2.24) is 4.90 Å². The summed E-state index contributed by atoms with van der Waals surface area (Å²) in [5.74, 6) is -0.881. The maximum absolute atomic E-state index is 10.8. The molecule has 1 saturated heterocycles. The van der Waals surface area contributed by atoms with Gasteiger partial charge in [0.05, 0.1) is 5.56 Å². The molecule has 0 aromatic heterocycles. The molecule has 86 valence electrons. The van der Waals surface area contributed by atoms with E-state index < -0.39 is 5.97 Å². The largest absolute Gasteiger partial charge is 0.478 e. The van der Waals surface area contributed by atoms with E-state index >= 15 is 0 Å². The minimum Gasteiger partial charge on any atom is -0.478 e. The van der Waals surface area contributed by atoms with Gasteiger partial charge >= 0.3 is 5.97 Å². The Labute approximate surface area is 103 Å². The third-order valence-corrected chi connectivity index (χ3v) is 3.63. The van der Waals surface area contributed by atoms with Gasteiger partial charge < -0.3 is 5.11 Å². The SMILES string of the molecule is O=C(O)c1ccc(CN2CCCC2)c(Br)c1. The highest BCUT2D eigenvalue weighted by Gasteiger charge is 2.14. The van der Waals surface area contributed by atoms with Crippen LogP contribution in [0.1, 0.15) is 28.8 Å². The van der Waals surface area contributed by atoms with Crippen LogP contribution in [0.25, 0.3) is 0 Å². The molecule has 2 rings (SSSR count). The molecule has 1 aromatic carbocycles. The van der Waals surface area contributed by atoms with Crippen molar-refractivity contribution >= 4 is 21.9 Å². The number of carboxylic acid groups (broad SMARTS) is 1. The number of rotatable bonds is 3. The Balaban J connectivity index is 2.12. The van der Waals surface area contributed by atoms with Gasteiger partial charge in [-0.3, -0.25) is 4.90 Å². The van der Waals surface area contributed by atoms with Gasteiger partial charge in [-0.1, -0.05) is 22.0 Å². The first-order valence-corrected chi connectivity index (χ1v) is 6.20. The summed E-state index contributed by atoms with van der Waals surface area (Å²) in [6.07, 6.45) is 2.54. The van der Waals surface area contributed by atoms with Crippen molar-refractivity contribution in [2.75, 3.05) is 13.1 Å². The van der Waals surface area contributed by atoms with Gasteiger partial charge in [-0.25, -0.2) is 4.79 Å². The van der Waals surface area contributed by atoms with E-state index in [1.165, 1.54) is 12.8 Å². The quantitative estimate of drug-likeness (QED) is 0.927. The topological polar surface area (TPSA) is 40.5 Å². The van der Waals surface area contributed by atoms with Crippen LogP contribution in [0.2, 0.25) is 0 Å². The summed E-state index contributed by atoms with van der Waals surface area (Å²) in [4.78, 5) is 13.2. The van der Waals surface area contributed by atoms with Crippen LogP contribution in [-0.2, 0) is 6.54 Å². The van der Waals surface area contributed by atoms with Crippen molar-refractivity contribution in [3.63, 3.8) is 0 Å². The van der Waals surface area contributed by atoms with Crippen LogP contribution in [0.3, 0.4) is 0 Å². The molecule has 0 aliphatic carbocycles. The van der Waals surface area contributed by atoms with E-state index in [0.29, 0.717) is 5.56 Å². The second kappa shape index (κ2) is 4.97. The van der Waals surface area contributed by atoms with Crippen molar-refractivity contribution < 1.29 is 9.90 Å². The second-order valence-corrected chi connectivity index (χ2v) is 4.95. The van der Waals surface area contributed by atoms with Gasteiger partial charge in [0.1, 0.15) is 0 Å². The molecule has 3 nitrogen and oxygen atoms in total. The van der Waals surface area contributed by atoms with Gasteiger partial charge in [-0.05, 0) is 43.6 Å². The number of hydrogen-bond acceptors (Lipinski definition) is 2. The zero-order chi connectivity index (χ0) is 11.5. The molecule has 1 fully saturated rings. The summed E-state index contributed by atoms with van der Waals surface area (Å²) in [6, 6.07) is 5.23. The Kier molecular flexibility index (Phi) is 3.61. The highest BCUT2D eigenvalue weighted by molar-refractivity contribution is 9.10. The summed E-state index contributed by atoms with van der Waals surface area (Å²) < 4.78 is 0.888. The summed E-state index contributed by atoms with van der Waals surface area (Å²) in [7, 11) is 0. The average molecular weight is 284 g/mol. The Morgan fingerprint density at radius 2 is 2.06 bits per heavy atom. The number of halogens is 1. The molecular weight excluding hydrogens is 270 g/mol. The number of carbonyl (C=O) groups is 1. The fourth-order valence-electron chi connectivity index (χ4n) is 1.99. The molecule has 0 unspecified atom stereocenters. The molecule has 16 heavy (non-hydrogen) atoms. The Bertz CT molecular complexity index is 400. The number of aromatic carboxylic acids is 1. The van der Waals surface area contributed by atoms with Crippen LogP contribution in [0.5, 0.6) is 0 Å². The van der Waals surface area contributed by atoms with E-state index in [0.717, 1.165) is 29.7 Å². The van der Waals surface area contributed by atoms with E-state index in [1.807, 2.05) is 6.07 Å². The fraction of sp³-hybridized carbons (Fsp3) is 0.417. The van der Waals surface area contributed by atoms with E-state index in [1.54, 1.807) is 12.1 Å². The number of nitrogens with zero attached hydrogens (tertiary/aromatic N) is 1. The molecule has 0 spiro atoms. The maximum atomic E-state index is 10.8. The number of benzene rings is 1. The number of hydrogen-bond donors (Lipinski definition) is 1. The van der Waals surface area contributed by atoms with Gasteiger partial charge in [0.15, 0.2) is 0 Å². The lowest BCUT2D eigenvalue weighted by Crippen LogP contribution is -2.18. The third-order valence-electron chi connectivity index (χ3n) is 2.89. The lowest BCUT2D eigenvalue weighted by molar-refractivity contribution is 0.0697.